The summed E-state index contributed by atoms with van der Waals surface area (Å²) in [5, 5.41) is 0. The number of hydrogen-bond donors (Lipinski definition) is 0. The van der Waals surface area contributed by atoms with Crippen LogP contribution < -0.4 is 0 Å². The summed E-state index contributed by atoms with van der Waals surface area (Å²) in [6, 6.07) is 68.6. The van der Waals surface area contributed by atoms with Crippen molar-refractivity contribution < 1.29 is 64.6 Å². The largest absolute Gasteiger partial charge is 0.285 e. The summed E-state index contributed by atoms with van der Waals surface area (Å²) >= 11 is 0. The number of rotatable bonds is 12. The minimum absolute atomic E-state index is 0. The molecule has 0 unspecified atom stereocenters. The molecule has 0 saturated carbocycles. The first-order valence-corrected chi connectivity index (χ1v) is 19.9. The molecule has 65 heavy (non-hydrogen) atoms. The van der Waals surface area contributed by atoms with Crippen LogP contribution in [0.1, 0.15) is 82.9 Å². The Morgan fingerprint density at radius 1 is 0.154 bits per heavy atom. The van der Waals surface area contributed by atoms with E-state index in [9.17, 15) is 38.4 Å². The SMILES string of the molecule is O=C(C(=O)c1ccccc1)c1ccccc1.O=C(C(=O)c1ccccc1)c1ccccc1.O=C(C(=O)c1ccccc1)c1ccccc1.O=C(C(=O)c1ccccc1)c1ccccc1.[Zr]. The monoisotopic (exact) mass is 930 g/mol. The summed E-state index contributed by atoms with van der Waals surface area (Å²) in [4.78, 5) is 94.4. The minimum Gasteiger partial charge on any atom is -0.285 e. The van der Waals surface area contributed by atoms with Gasteiger partial charge in [-0.25, -0.2) is 0 Å². The fraction of sp³-hybridized carbons (Fsp3) is 0. The van der Waals surface area contributed by atoms with E-state index in [1.165, 1.54) is 0 Å². The molecule has 8 aromatic rings. The van der Waals surface area contributed by atoms with Crippen molar-refractivity contribution in [3.63, 3.8) is 0 Å². The maximum atomic E-state index is 11.8. The number of ketones is 8. The first-order valence-electron chi connectivity index (χ1n) is 19.9. The molecule has 0 bridgehead atoms. The van der Waals surface area contributed by atoms with Gasteiger partial charge in [-0.3, -0.25) is 38.4 Å². The van der Waals surface area contributed by atoms with E-state index in [0.29, 0.717) is 44.5 Å². The van der Waals surface area contributed by atoms with Crippen LogP contribution in [0.15, 0.2) is 243 Å². The van der Waals surface area contributed by atoms with Crippen LogP contribution in [-0.2, 0) is 26.2 Å². The van der Waals surface area contributed by atoms with Crippen molar-refractivity contribution in [1.82, 2.24) is 0 Å². The van der Waals surface area contributed by atoms with E-state index in [2.05, 4.69) is 0 Å². The van der Waals surface area contributed by atoms with Crippen LogP contribution in [-0.4, -0.2) is 46.3 Å². The standard InChI is InChI=1S/4C14H10O2.Zr/c4*15-13(11-7-3-1-4-8-11)14(16)12-9-5-2-6-10-12;/h4*1-10H;. The van der Waals surface area contributed by atoms with Crippen LogP contribution in [0, 0.1) is 0 Å². The van der Waals surface area contributed by atoms with E-state index < -0.39 is 46.3 Å². The van der Waals surface area contributed by atoms with Crippen molar-refractivity contribution >= 4 is 46.3 Å². The van der Waals surface area contributed by atoms with Crippen molar-refractivity contribution in [2.45, 2.75) is 0 Å². The molecule has 0 fully saturated rings. The van der Waals surface area contributed by atoms with Gasteiger partial charge in [0.15, 0.2) is 0 Å². The second kappa shape index (κ2) is 26.5. The maximum absolute atomic E-state index is 11.8. The summed E-state index contributed by atoms with van der Waals surface area (Å²) in [6.07, 6.45) is 0. The zero-order valence-corrected chi connectivity index (χ0v) is 37.3. The van der Waals surface area contributed by atoms with Gasteiger partial charge in [0.1, 0.15) is 0 Å². The Balaban J connectivity index is 0.000000189. The third kappa shape index (κ3) is 15.1. The van der Waals surface area contributed by atoms with Gasteiger partial charge in [0, 0.05) is 70.7 Å². The zero-order chi connectivity index (χ0) is 45.5. The smallest absolute Gasteiger partial charge is 0.233 e. The Kier molecular flexibility index (Phi) is 20.2. The van der Waals surface area contributed by atoms with Crippen LogP contribution >= 0.6 is 0 Å². The Hall–Kier alpha value is -8.00. The van der Waals surface area contributed by atoms with Crippen LogP contribution in [0.2, 0.25) is 0 Å². The van der Waals surface area contributed by atoms with Gasteiger partial charge < -0.3 is 0 Å². The molecule has 0 aromatic heterocycles. The zero-order valence-electron chi connectivity index (χ0n) is 34.9. The van der Waals surface area contributed by atoms with Crippen LogP contribution in [0.3, 0.4) is 0 Å². The molecule has 316 valence electrons. The third-order valence-electron chi connectivity index (χ3n) is 9.11. The van der Waals surface area contributed by atoms with Gasteiger partial charge in [0.05, 0.1) is 0 Å². The molecule has 0 radical (unpaired) electrons. The van der Waals surface area contributed by atoms with Gasteiger partial charge in [-0.2, -0.15) is 0 Å². The van der Waals surface area contributed by atoms with Crippen molar-refractivity contribution in [2.75, 3.05) is 0 Å². The average molecular weight is 932 g/mol. The molecule has 0 N–H and O–H groups in total. The van der Waals surface area contributed by atoms with Crippen molar-refractivity contribution in [3.8, 4) is 0 Å². The van der Waals surface area contributed by atoms with Crippen LogP contribution in [0.5, 0.6) is 0 Å². The molecule has 9 heteroatoms. The quantitative estimate of drug-likeness (QED) is 0.0872. The molecule has 0 amide bonds. The van der Waals surface area contributed by atoms with Gasteiger partial charge in [-0.05, 0) is 0 Å². The fourth-order valence-corrected chi connectivity index (χ4v) is 5.76. The Morgan fingerprint density at radius 3 is 0.308 bits per heavy atom. The van der Waals surface area contributed by atoms with E-state index >= 15 is 0 Å². The molecule has 0 aliphatic carbocycles. The van der Waals surface area contributed by atoms with Crippen molar-refractivity contribution in [1.29, 1.82) is 0 Å². The van der Waals surface area contributed by atoms with Gasteiger partial charge >= 0.3 is 0 Å². The molecule has 8 aromatic carbocycles. The predicted octanol–water partition coefficient (Wildman–Crippen LogP) is 11.0. The molecule has 8 nitrogen and oxygen atoms in total. The summed E-state index contributed by atoms with van der Waals surface area (Å²) < 4.78 is 0. The molecular weight excluding hydrogens is 892 g/mol. The second-order valence-corrected chi connectivity index (χ2v) is 13.6. The summed E-state index contributed by atoms with van der Waals surface area (Å²) in [6.45, 7) is 0. The predicted molar refractivity (Wildman–Crippen MR) is 246 cm³/mol. The van der Waals surface area contributed by atoms with Gasteiger partial charge in [0.25, 0.3) is 0 Å². The van der Waals surface area contributed by atoms with Crippen LogP contribution in [0.25, 0.3) is 0 Å². The molecule has 0 aliphatic rings. The van der Waals surface area contributed by atoms with Crippen LogP contribution in [0.4, 0.5) is 0 Å². The summed E-state index contributed by atoms with van der Waals surface area (Å²) in [5.41, 5.74) is 3.42. The second-order valence-electron chi connectivity index (χ2n) is 13.6. The van der Waals surface area contributed by atoms with Gasteiger partial charge in [-0.15, -0.1) is 0 Å². The number of carbonyl (C=O) groups excluding carboxylic acids is 8. The molecule has 8 rings (SSSR count). The van der Waals surface area contributed by atoms with E-state index in [0.717, 1.165) is 0 Å². The molecule has 0 saturated heterocycles. The molecule has 0 atom stereocenters. The van der Waals surface area contributed by atoms with E-state index in [1.54, 1.807) is 194 Å². The Bertz CT molecular complexity index is 2210. The summed E-state index contributed by atoms with van der Waals surface area (Å²) in [7, 11) is 0. The average Bonchev–Trinajstić information content (AvgIpc) is 3.39. The van der Waals surface area contributed by atoms with Crippen molar-refractivity contribution in [3.05, 3.63) is 287 Å². The summed E-state index contributed by atoms with van der Waals surface area (Å²) in [5.74, 6) is -3.73. The van der Waals surface area contributed by atoms with Gasteiger partial charge in [-0.1, -0.05) is 243 Å². The maximum Gasteiger partial charge on any atom is 0.233 e. The topological polar surface area (TPSA) is 137 Å². The van der Waals surface area contributed by atoms with Gasteiger partial charge in [0.2, 0.25) is 46.3 Å². The molecule has 0 heterocycles. The van der Waals surface area contributed by atoms with E-state index in [4.69, 9.17) is 0 Å². The first-order chi connectivity index (χ1) is 31.2. The number of benzene rings is 8. The molecule has 0 aliphatic heterocycles. The van der Waals surface area contributed by atoms with Crippen molar-refractivity contribution in [2.24, 2.45) is 0 Å². The number of hydrogen-bond acceptors (Lipinski definition) is 8. The number of Topliss-reactive ketones (excluding diaryl/α,β-unsaturated/α-hetero) is 8. The fourth-order valence-electron chi connectivity index (χ4n) is 5.76. The molecular formula is C56H40O8Zr. The van der Waals surface area contributed by atoms with E-state index in [1.807, 2.05) is 48.5 Å². The molecule has 0 spiro atoms. The Morgan fingerprint density at radius 2 is 0.231 bits per heavy atom. The third-order valence-corrected chi connectivity index (χ3v) is 9.11. The Labute approximate surface area is 395 Å². The number of carbonyl (C=O) groups is 8. The van der Waals surface area contributed by atoms with E-state index in [-0.39, 0.29) is 26.2 Å². The first kappa shape index (κ1) is 49.7. The minimum atomic E-state index is -0.466. The normalized spacial score (nSPS) is 9.60.